The van der Waals surface area contributed by atoms with Gasteiger partial charge < -0.3 is 9.47 Å². The van der Waals surface area contributed by atoms with Gasteiger partial charge in [-0.2, -0.15) is 8.42 Å². The number of ether oxygens (including phenoxy) is 2. The van der Waals surface area contributed by atoms with Gasteiger partial charge in [-0.25, -0.2) is 0 Å². The first-order valence-electron chi connectivity index (χ1n) is 5.27. The summed E-state index contributed by atoms with van der Waals surface area (Å²) in [6, 6.07) is 0. The van der Waals surface area contributed by atoms with Crippen LogP contribution in [-0.4, -0.2) is 43.5 Å². The molecule has 0 radical (unpaired) electrons. The van der Waals surface area contributed by atoms with Gasteiger partial charge in [-0.05, 0) is 27.7 Å². The van der Waals surface area contributed by atoms with Crippen LogP contribution in [0.15, 0.2) is 0 Å². The Morgan fingerprint density at radius 1 is 1.35 bits per heavy atom. The molecule has 0 bridgehead atoms. The van der Waals surface area contributed by atoms with Gasteiger partial charge in [0.1, 0.15) is 5.60 Å². The standard InChI is InChI=1S/C10H20O6S/c1-8(9(11)16-10(2,3)4)7-15-5-6-17(12,13)14/h8H,5-7H2,1-4H3,(H,12,13,14). The molecule has 7 heteroatoms. The van der Waals surface area contributed by atoms with Gasteiger partial charge >= 0.3 is 5.97 Å². The van der Waals surface area contributed by atoms with Crippen LogP contribution >= 0.6 is 0 Å². The molecule has 0 aliphatic rings. The van der Waals surface area contributed by atoms with Crippen LogP contribution in [-0.2, 0) is 24.4 Å². The van der Waals surface area contributed by atoms with Crippen molar-refractivity contribution in [1.29, 1.82) is 0 Å². The minimum absolute atomic E-state index is 0.0600. The summed E-state index contributed by atoms with van der Waals surface area (Å²) < 4.78 is 39.3. The Kier molecular flexibility index (Phi) is 6.08. The third-order valence-corrected chi connectivity index (χ3v) is 2.35. The molecule has 0 aliphatic heterocycles. The predicted octanol–water partition coefficient (Wildman–Crippen LogP) is 0.869. The predicted molar refractivity (Wildman–Crippen MR) is 62.2 cm³/mol. The van der Waals surface area contributed by atoms with E-state index in [0.29, 0.717) is 0 Å². The van der Waals surface area contributed by atoms with Gasteiger partial charge in [-0.15, -0.1) is 0 Å². The van der Waals surface area contributed by atoms with Crippen molar-refractivity contribution in [1.82, 2.24) is 0 Å². The van der Waals surface area contributed by atoms with Crippen LogP contribution in [0.1, 0.15) is 27.7 Å². The maximum absolute atomic E-state index is 11.5. The van der Waals surface area contributed by atoms with E-state index in [9.17, 15) is 13.2 Å². The molecule has 0 aromatic rings. The molecule has 102 valence electrons. The summed E-state index contributed by atoms with van der Waals surface area (Å²) in [5, 5.41) is 0. The van der Waals surface area contributed by atoms with Gasteiger partial charge in [-0.3, -0.25) is 9.35 Å². The first kappa shape index (κ1) is 16.3. The number of carbonyl (C=O) groups is 1. The molecule has 17 heavy (non-hydrogen) atoms. The highest BCUT2D eigenvalue weighted by atomic mass is 32.2. The lowest BCUT2D eigenvalue weighted by atomic mass is 10.1. The molecule has 1 N–H and O–H groups in total. The lowest BCUT2D eigenvalue weighted by molar-refractivity contribution is -0.161. The van der Waals surface area contributed by atoms with E-state index < -0.39 is 33.4 Å². The van der Waals surface area contributed by atoms with Gasteiger partial charge in [0.25, 0.3) is 10.1 Å². The van der Waals surface area contributed by atoms with Gasteiger partial charge in [0.15, 0.2) is 0 Å². The highest BCUT2D eigenvalue weighted by Crippen LogP contribution is 2.11. The fourth-order valence-corrected chi connectivity index (χ4v) is 1.22. The topological polar surface area (TPSA) is 89.9 Å². The summed E-state index contributed by atoms with van der Waals surface area (Å²) in [5.41, 5.74) is -0.556. The summed E-state index contributed by atoms with van der Waals surface area (Å²) in [6.45, 7) is 6.82. The smallest absolute Gasteiger partial charge is 0.311 e. The number of carbonyl (C=O) groups excluding carboxylic acids is 1. The Labute approximate surface area is 102 Å². The van der Waals surface area contributed by atoms with Gasteiger partial charge in [0.2, 0.25) is 0 Å². The van der Waals surface area contributed by atoms with Gasteiger partial charge in [0, 0.05) is 0 Å². The fourth-order valence-electron chi connectivity index (χ4n) is 0.895. The fraction of sp³-hybridized carbons (Fsp3) is 0.900. The Hall–Kier alpha value is -0.660. The first-order chi connectivity index (χ1) is 7.51. The molecular weight excluding hydrogens is 248 g/mol. The number of hydrogen-bond acceptors (Lipinski definition) is 5. The van der Waals surface area contributed by atoms with Crippen LogP contribution in [0.2, 0.25) is 0 Å². The summed E-state index contributed by atoms with van der Waals surface area (Å²) in [4.78, 5) is 11.5. The highest BCUT2D eigenvalue weighted by Gasteiger charge is 2.21. The van der Waals surface area contributed by atoms with Crippen molar-refractivity contribution in [3.8, 4) is 0 Å². The van der Waals surface area contributed by atoms with Crippen LogP contribution < -0.4 is 0 Å². The number of hydrogen-bond donors (Lipinski definition) is 1. The zero-order chi connectivity index (χ0) is 13.7. The largest absolute Gasteiger partial charge is 0.460 e. The Bertz CT molecular complexity index is 340. The highest BCUT2D eigenvalue weighted by molar-refractivity contribution is 7.85. The molecule has 1 unspecified atom stereocenters. The average molecular weight is 268 g/mol. The second kappa shape index (κ2) is 6.32. The molecule has 0 aromatic heterocycles. The van der Waals surface area contributed by atoms with Crippen molar-refractivity contribution < 1.29 is 27.2 Å². The van der Waals surface area contributed by atoms with Crippen LogP contribution in [0.25, 0.3) is 0 Å². The van der Waals surface area contributed by atoms with E-state index in [4.69, 9.17) is 14.0 Å². The third-order valence-electron chi connectivity index (χ3n) is 1.66. The molecule has 0 aromatic carbocycles. The summed E-state index contributed by atoms with van der Waals surface area (Å²) in [5.74, 6) is -1.35. The van der Waals surface area contributed by atoms with Gasteiger partial charge in [-0.1, -0.05) is 0 Å². The monoisotopic (exact) mass is 268 g/mol. The maximum Gasteiger partial charge on any atom is 0.311 e. The van der Waals surface area contributed by atoms with E-state index in [2.05, 4.69) is 0 Å². The van der Waals surface area contributed by atoms with E-state index in [1.807, 2.05) is 0 Å². The molecule has 0 aliphatic carbocycles. The minimum Gasteiger partial charge on any atom is -0.460 e. The van der Waals surface area contributed by atoms with E-state index in [-0.39, 0.29) is 13.2 Å². The Balaban J connectivity index is 3.87. The lowest BCUT2D eigenvalue weighted by Crippen LogP contribution is -2.29. The van der Waals surface area contributed by atoms with Crippen molar-refractivity contribution in [3.05, 3.63) is 0 Å². The summed E-state index contributed by atoms with van der Waals surface area (Å²) in [6.07, 6.45) is 0. The SMILES string of the molecule is CC(COCCS(=O)(=O)O)C(=O)OC(C)(C)C. The summed E-state index contributed by atoms with van der Waals surface area (Å²) >= 11 is 0. The van der Waals surface area contributed by atoms with E-state index >= 15 is 0 Å². The normalized spacial score (nSPS) is 14.4. The molecule has 0 saturated carbocycles. The van der Waals surface area contributed by atoms with Gasteiger partial charge in [0.05, 0.1) is 24.9 Å². The molecule has 1 atom stereocenters. The Morgan fingerprint density at radius 3 is 2.29 bits per heavy atom. The van der Waals surface area contributed by atoms with Crippen molar-refractivity contribution in [2.24, 2.45) is 5.92 Å². The summed E-state index contributed by atoms with van der Waals surface area (Å²) in [7, 11) is -4.01. The lowest BCUT2D eigenvalue weighted by Gasteiger charge is -2.22. The van der Waals surface area contributed by atoms with Crippen LogP contribution in [0.5, 0.6) is 0 Å². The number of rotatable bonds is 6. The second-order valence-electron chi connectivity index (χ2n) is 4.80. The maximum atomic E-state index is 11.5. The average Bonchev–Trinajstić information content (AvgIpc) is 2.07. The van der Waals surface area contributed by atoms with Crippen LogP contribution in [0, 0.1) is 5.92 Å². The van der Waals surface area contributed by atoms with E-state index in [1.54, 1.807) is 27.7 Å². The van der Waals surface area contributed by atoms with Crippen LogP contribution in [0.3, 0.4) is 0 Å². The zero-order valence-electron chi connectivity index (χ0n) is 10.6. The van der Waals surface area contributed by atoms with E-state index in [0.717, 1.165) is 0 Å². The third kappa shape index (κ3) is 10.2. The molecule has 0 spiro atoms. The number of esters is 1. The first-order valence-corrected chi connectivity index (χ1v) is 6.88. The van der Waals surface area contributed by atoms with Crippen molar-refractivity contribution in [2.45, 2.75) is 33.3 Å². The molecule has 0 saturated heterocycles. The molecule has 0 rings (SSSR count). The van der Waals surface area contributed by atoms with Crippen molar-refractivity contribution in [3.63, 3.8) is 0 Å². The van der Waals surface area contributed by atoms with Crippen molar-refractivity contribution >= 4 is 16.1 Å². The van der Waals surface area contributed by atoms with Crippen LogP contribution in [0.4, 0.5) is 0 Å². The van der Waals surface area contributed by atoms with Crippen molar-refractivity contribution in [2.75, 3.05) is 19.0 Å². The molecule has 0 fully saturated rings. The molecule has 6 nitrogen and oxygen atoms in total. The second-order valence-corrected chi connectivity index (χ2v) is 6.37. The Morgan fingerprint density at radius 2 is 1.88 bits per heavy atom. The quantitative estimate of drug-likeness (QED) is 0.437. The molecule has 0 amide bonds. The molecule has 0 heterocycles. The van der Waals surface area contributed by atoms with E-state index in [1.165, 1.54) is 0 Å². The zero-order valence-corrected chi connectivity index (χ0v) is 11.4. The molecular formula is C10H20O6S. The minimum atomic E-state index is -4.01.